The van der Waals surface area contributed by atoms with Gasteiger partial charge in [-0.1, -0.05) is 13.3 Å². The average Bonchev–Trinajstić information content (AvgIpc) is 2.81. The molecule has 3 nitrogen and oxygen atoms in total. The van der Waals surface area contributed by atoms with Crippen molar-refractivity contribution in [1.29, 1.82) is 0 Å². The zero-order chi connectivity index (χ0) is 15.0. The van der Waals surface area contributed by atoms with Gasteiger partial charge in [-0.2, -0.15) is 0 Å². The monoisotopic (exact) mass is 306 g/mol. The fourth-order valence-electron chi connectivity index (χ4n) is 4.23. The summed E-state index contributed by atoms with van der Waals surface area (Å²) in [7, 11) is 0. The van der Waals surface area contributed by atoms with Gasteiger partial charge in [-0.25, -0.2) is 0 Å². The van der Waals surface area contributed by atoms with Crippen molar-refractivity contribution in [1.82, 2.24) is 5.32 Å². The molecule has 2 bridgehead atoms. The molecule has 1 aromatic rings. The quantitative estimate of drug-likeness (QED) is 0.900. The Labute approximate surface area is 131 Å². The summed E-state index contributed by atoms with van der Waals surface area (Å²) in [5.74, 6) is 1.30. The van der Waals surface area contributed by atoms with Crippen LogP contribution in [0, 0.1) is 18.8 Å². The van der Waals surface area contributed by atoms with Crippen LogP contribution < -0.4 is 11.1 Å². The molecular formula is C17H26N2OS. The molecule has 0 radical (unpaired) electrons. The average molecular weight is 306 g/mol. The van der Waals surface area contributed by atoms with Gasteiger partial charge in [0.15, 0.2) is 0 Å². The molecule has 21 heavy (non-hydrogen) atoms. The first-order valence-corrected chi connectivity index (χ1v) is 9.06. The summed E-state index contributed by atoms with van der Waals surface area (Å²) in [6, 6.07) is 2.75. The van der Waals surface area contributed by atoms with Crippen LogP contribution in [0.5, 0.6) is 0 Å². The third-order valence-electron chi connectivity index (χ3n) is 5.30. The topological polar surface area (TPSA) is 55.1 Å². The number of fused-ring (bicyclic) bond motifs is 2. The standard InChI is InChI=1S/C17H26N2OS/c1-3-11-9-15(21-10(11)2)17(20)19-16-12-5-4-6-13(16)8-14(18)7-12/h9,12-14,16H,3-8,18H2,1-2H3,(H,19,20). The smallest absolute Gasteiger partial charge is 0.261 e. The van der Waals surface area contributed by atoms with Crippen LogP contribution in [0.1, 0.15) is 59.1 Å². The minimum Gasteiger partial charge on any atom is -0.348 e. The van der Waals surface area contributed by atoms with Crippen LogP contribution in [-0.2, 0) is 6.42 Å². The summed E-state index contributed by atoms with van der Waals surface area (Å²) in [6.45, 7) is 4.25. The van der Waals surface area contributed by atoms with E-state index in [-0.39, 0.29) is 5.91 Å². The second-order valence-corrected chi connectivity index (χ2v) is 7.98. The predicted octanol–water partition coefficient (Wildman–Crippen LogP) is 3.25. The van der Waals surface area contributed by atoms with Crippen molar-refractivity contribution in [3.05, 3.63) is 21.4 Å². The molecule has 1 amide bonds. The molecule has 2 aliphatic rings. The first kappa shape index (κ1) is 15.0. The van der Waals surface area contributed by atoms with Crippen LogP contribution in [0.4, 0.5) is 0 Å². The second-order valence-electron chi connectivity index (χ2n) is 6.73. The molecule has 0 spiro atoms. The number of nitrogens with one attached hydrogen (secondary N) is 1. The van der Waals surface area contributed by atoms with Crippen molar-refractivity contribution in [3.8, 4) is 0 Å². The maximum Gasteiger partial charge on any atom is 0.261 e. The maximum atomic E-state index is 12.6. The largest absolute Gasteiger partial charge is 0.348 e. The van der Waals surface area contributed by atoms with Crippen molar-refractivity contribution in [2.45, 2.75) is 64.5 Å². The minimum absolute atomic E-state index is 0.125. The van der Waals surface area contributed by atoms with E-state index in [1.54, 1.807) is 11.3 Å². The van der Waals surface area contributed by atoms with Gasteiger partial charge in [-0.15, -0.1) is 11.3 Å². The van der Waals surface area contributed by atoms with Crippen LogP contribution in [-0.4, -0.2) is 18.0 Å². The summed E-state index contributed by atoms with van der Waals surface area (Å²) >= 11 is 1.63. The Kier molecular flexibility index (Phi) is 4.36. The summed E-state index contributed by atoms with van der Waals surface area (Å²) in [6.07, 6.45) is 6.89. The Morgan fingerprint density at radius 1 is 1.38 bits per heavy atom. The Morgan fingerprint density at radius 2 is 2.05 bits per heavy atom. The number of carbonyl (C=O) groups excluding carboxylic acids is 1. The van der Waals surface area contributed by atoms with Crippen molar-refractivity contribution in [2.24, 2.45) is 17.6 Å². The van der Waals surface area contributed by atoms with Crippen molar-refractivity contribution in [3.63, 3.8) is 0 Å². The number of hydrogen-bond acceptors (Lipinski definition) is 3. The highest BCUT2D eigenvalue weighted by Crippen LogP contribution is 2.39. The lowest BCUT2D eigenvalue weighted by Gasteiger charge is -2.45. The first-order valence-electron chi connectivity index (χ1n) is 8.24. The van der Waals surface area contributed by atoms with Gasteiger partial charge in [-0.3, -0.25) is 4.79 Å². The summed E-state index contributed by atoms with van der Waals surface area (Å²) < 4.78 is 0. The van der Waals surface area contributed by atoms with Gasteiger partial charge >= 0.3 is 0 Å². The Bertz CT molecular complexity index is 511. The SMILES string of the molecule is CCc1cc(C(=O)NC2C3CCCC2CC(N)C3)sc1C. The highest BCUT2D eigenvalue weighted by Gasteiger charge is 2.40. The van der Waals surface area contributed by atoms with Crippen molar-refractivity contribution < 1.29 is 4.79 Å². The van der Waals surface area contributed by atoms with E-state index in [4.69, 9.17) is 5.73 Å². The molecule has 3 rings (SSSR count). The number of aryl methyl sites for hydroxylation is 2. The molecule has 1 heterocycles. The van der Waals surface area contributed by atoms with E-state index in [9.17, 15) is 4.79 Å². The third-order valence-corrected chi connectivity index (χ3v) is 6.39. The lowest BCUT2D eigenvalue weighted by molar-refractivity contribution is 0.0759. The van der Waals surface area contributed by atoms with Crippen molar-refractivity contribution >= 4 is 17.2 Å². The Balaban J connectivity index is 1.71. The number of hydrogen-bond donors (Lipinski definition) is 2. The molecule has 4 heteroatoms. The zero-order valence-corrected chi connectivity index (χ0v) is 13.8. The van der Waals surface area contributed by atoms with Crippen molar-refractivity contribution in [2.75, 3.05) is 0 Å². The Morgan fingerprint density at radius 3 is 2.62 bits per heavy atom. The molecule has 0 aliphatic heterocycles. The van der Waals surface area contributed by atoms with Crippen LogP contribution in [0.3, 0.4) is 0 Å². The molecule has 2 unspecified atom stereocenters. The maximum absolute atomic E-state index is 12.6. The second kappa shape index (κ2) is 6.09. The van der Waals surface area contributed by atoms with Crippen LogP contribution in [0.15, 0.2) is 6.07 Å². The number of carbonyl (C=O) groups is 1. The highest BCUT2D eigenvalue weighted by atomic mass is 32.1. The van der Waals surface area contributed by atoms with Crippen LogP contribution in [0.2, 0.25) is 0 Å². The molecule has 2 aliphatic carbocycles. The van der Waals surface area contributed by atoms with Gasteiger partial charge in [-0.05, 0) is 62.5 Å². The third kappa shape index (κ3) is 3.02. The van der Waals surface area contributed by atoms with E-state index in [1.807, 2.05) is 0 Å². The first-order chi connectivity index (χ1) is 10.1. The molecule has 1 aromatic heterocycles. The summed E-state index contributed by atoms with van der Waals surface area (Å²) in [4.78, 5) is 14.7. The predicted molar refractivity (Wildman–Crippen MR) is 87.7 cm³/mol. The van der Waals surface area contributed by atoms with Gasteiger partial charge in [0.1, 0.15) is 0 Å². The van der Waals surface area contributed by atoms with E-state index >= 15 is 0 Å². The molecule has 0 saturated heterocycles. The number of rotatable bonds is 3. The number of thiophene rings is 1. The van der Waals surface area contributed by atoms with Crippen LogP contribution >= 0.6 is 11.3 Å². The molecule has 2 saturated carbocycles. The van der Waals surface area contributed by atoms with Gasteiger partial charge in [0, 0.05) is 17.0 Å². The lowest BCUT2D eigenvalue weighted by atomic mass is 9.67. The van der Waals surface area contributed by atoms with E-state index < -0.39 is 0 Å². The molecule has 0 aromatic carbocycles. The fraction of sp³-hybridized carbons (Fsp3) is 0.706. The van der Waals surface area contributed by atoms with Gasteiger partial charge in [0.25, 0.3) is 5.91 Å². The molecule has 116 valence electrons. The highest BCUT2D eigenvalue weighted by molar-refractivity contribution is 7.14. The summed E-state index contributed by atoms with van der Waals surface area (Å²) in [5.41, 5.74) is 7.46. The molecule has 2 atom stereocenters. The molecule has 2 fully saturated rings. The molecule has 3 N–H and O–H groups in total. The number of amides is 1. The molecular weight excluding hydrogens is 280 g/mol. The van der Waals surface area contributed by atoms with E-state index in [0.717, 1.165) is 24.1 Å². The normalized spacial score (nSPS) is 32.0. The van der Waals surface area contributed by atoms with Gasteiger partial charge < -0.3 is 11.1 Å². The lowest BCUT2D eigenvalue weighted by Crippen LogP contribution is -2.53. The Hall–Kier alpha value is -0.870. The minimum atomic E-state index is 0.125. The van der Waals surface area contributed by atoms with E-state index in [0.29, 0.717) is 23.9 Å². The van der Waals surface area contributed by atoms with E-state index in [2.05, 4.69) is 25.2 Å². The van der Waals surface area contributed by atoms with Crippen LogP contribution in [0.25, 0.3) is 0 Å². The zero-order valence-electron chi connectivity index (χ0n) is 13.0. The fourth-order valence-corrected chi connectivity index (χ4v) is 5.25. The summed E-state index contributed by atoms with van der Waals surface area (Å²) in [5, 5.41) is 3.34. The van der Waals surface area contributed by atoms with Gasteiger partial charge in [0.2, 0.25) is 0 Å². The van der Waals surface area contributed by atoms with E-state index in [1.165, 1.54) is 29.7 Å². The number of nitrogens with two attached hydrogens (primary N) is 1. The van der Waals surface area contributed by atoms with Gasteiger partial charge in [0.05, 0.1) is 4.88 Å².